The van der Waals surface area contributed by atoms with Crippen LogP contribution in [0.1, 0.15) is 39.5 Å². The van der Waals surface area contributed by atoms with Crippen molar-refractivity contribution in [1.82, 2.24) is 0 Å². The van der Waals surface area contributed by atoms with Gasteiger partial charge in [0.1, 0.15) is 13.2 Å². The Bertz CT molecular complexity index is 411. The number of hydrogen-bond donors (Lipinski definition) is 0. The summed E-state index contributed by atoms with van der Waals surface area (Å²) in [6.07, 6.45) is 6.04. The second-order valence-electron chi connectivity index (χ2n) is 4.65. The average molecular weight is 312 g/mol. The molecule has 0 heterocycles. The predicted molar refractivity (Wildman–Crippen MR) is 81.0 cm³/mol. The van der Waals surface area contributed by atoms with E-state index in [2.05, 4.69) is 13.5 Å². The molecule has 0 aromatic heterocycles. The maximum atomic E-state index is 11.3. The van der Waals surface area contributed by atoms with E-state index >= 15 is 0 Å². The number of carbonyl (C=O) groups excluding carboxylic acids is 3. The lowest BCUT2D eigenvalue weighted by Crippen LogP contribution is -2.13. The van der Waals surface area contributed by atoms with Crippen LogP contribution in [0.3, 0.4) is 0 Å². The van der Waals surface area contributed by atoms with Gasteiger partial charge < -0.3 is 14.2 Å². The van der Waals surface area contributed by atoms with Gasteiger partial charge in [0.25, 0.3) is 0 Å². The highest BCUT2D eigenvalue weighted by molar-refractivity contribution is 5.91. The van der Waals surface area contributed by atoms with Crippen LogP contribution in [0.5, 0.6) is 0 Å². The molecule has 0 spiro atoms. The van der Waals surface area contributed by atoms with Crippen LogP contribution < -0.4 is 0 Å². The van der Waals surface area contributed by atoms with Crippen molar-refractivity contribution in [3.63, 3.8) is 0 Å². The molecule has 0 N–H and O–H groups in total. The first-order chi connectivity index (χ1) is 10.5. The Morgan fingerprint density at radius 2 is 1.41 bits per heavy atom. The molecule has 0 aliphatic carbocycles. The van der Waals surface area contributed by atoms with Gasteiger partial charge in [0, 0.05) is 17.7 Å². The van der Waals surface area contributed by atoms with Gasteiger partial charge in [0.15, 0.2) is 0 Å². The summed E-state index contributed by atoms with van der Waals surface area (Å²) in [6, 6.07) is 0. The van der Waals surface area contributed by atoms with Gasteiger partial charge in [-0.25, -0.2) is 14.4 Å². The minimum Gasteiger partial charge on any atom is -0.463 e. The fourth-order valence-electron chi connectivity index (χ4n) is 1.33. The summed E-state index contributed by atoms with van der Waals surface area (Å²) < 4.78 is 14.4. The summed E-state index contributed by atoms with van der Waals surface area (Å²) in [4.78, 5) is 33.6. The largest absolute Gasteiger partial charge is 0.463 e. The van der Waals surface area contributed by atoms with Crippen molar-refractivity contribution in [2.75, 3.05) is 19.8 Å². The zero-order valence-corrected chi connectivity index (χ0v) is 13.3. The van der Waals surface area contributed by atoms with Gasteiger partial charge in [0.2, 0.25) is 0 Å². The molecule has 0 fully saturated rings. The van der Waals surface area contributed by atoms with Gasteiger partial charge in [-0.15, -0.1) is 0 Å². The zero-order chi connectivity index (χ0) is 16.8. The van der Waals surface area contributed by atoms with Gasteiger partial charge in [-0.1, -0.05) is 32.8 Å². The van der Waals surface area contributed by atoms with Crippen molar-refractivity contribution in [1.29, 1.82) is 0 Å². The number of carbonyl (C=O) groups is 3. The Balaban J connectivity index is 3.70. The Kier molecular flexibility index (Phi) is 11.4. The van der Waals surface area contributed by atoms with Crippen molar-refractivity contribution in [3.05, 3.63) is 24.3 Å². The lowest BCUT2D eigenvalue weighted by molar-refractivity contribution is -0.146. The molecular formula is C16H24O6. The summed E-state index contributed by atoms with van der Waals surface area (Å²) in [5.41, 5.74) is 0.271. The van der Waals surface area contributed by atoms with E-state index in [1.54, 1.807) is 0 Å². The number of unbranched alkanes of at least 4 members (excludes halogenated alkanes) is 3. The molecule has 0 saturated carbocycles. The minimum atomic E-state index is -0.700. The third-order valence-electron chi connectivity index (χ3n) is 2.51. The first-order valence-corrected chi connectivity index (χ1v) is 7.31. The summed E-state index contributed by atoms with van der Waals surface area (Å²) >= 11 is 0. The molecule has 0 aliphatic rings. The first-order valence-electron chi connectivity index (χ1n) is 7.31. The minimum absolute atomic E-state index is 0.0624. The first kappa shape index (κ1) is 19.9. The molecule has 0 amide bonds. The molecule has 0 bridgehead atoms. The Hall–Kier alpha value is -2.11. The molecule has 124 valence electrons. The topological polar surface area (TPSA) is 78.9 Å². The highest BCUT2D eigenvalue weighted by Crippen LogP contribution is 1.99. The van der Waals surface area contributed by atoms with Crippen LogP contribution in [0.15, 0.2) is 24.3 Å². The van der Waals surface area contributed by atoms with Gasteiger partial charge in [-0.05, 0) is 13.3 Å². The van der Waals surface area contributed by atoms with E-state index in [9.17, 15) is 14.4 Å². The van der Waals surface area contributed by atoms with Crippen LogP contribution >= 0.6 is 0 Å². The lowest BCUT2D eigenvalue weighted by atomic mass is 10.2. The Morgan fingerprint density at radius 3 is 1.95 bits per heavy atom. The number of ether oxygens (including phenoxy) is 3. The van der Waals surface area contributed by atoms with E-state index < -0.39 is 17.9 Å². The molecule has 6 nitrogen and oxygen atoms in total. The van der Waals surface area contributed by atoms with Crippen LogP contribution in [0.4, 0.5) is 0 Å². The fourth-order valence-corrected chi connectivity index (χ4v) is 1.33. The normalized spacial score (nSPS) is 10.3. The molecule has 0 aromatic carbocycles. The third kappa shape index (κ3) is 11.7. The Morgan fingerprint density at radius 1 is 0.864 bits per heavy atom. The second-order valence-corrected chi connectivity index (χ2v) is 4.65. The smallest absolute Gasteiger partial charge is 0.333 e. The van der Waals surface area contributed by atoms with E-state index in [0.717, 1.165) is 37.8 Å². The third-order valence-corrected chi connectivity index (χ3v) is 2.51. The standard InChI is InChI=1S/C16H24O6/c1-4-5-6-7-10-20-14(17)8-9-15(18)21-11-12-22-16(19)13(2)3/h8-9H,2,4-7,10-12H2,1,3H3/b9-8+. The van der Waals surface area contributed by atoms with Gasteiger partial charge in [0.05, 0.1) is 6.61 Å². The van der Waals surface area contributed by atoms with E-state index in [4.69, 9.17) is 14.2 Å². The highest BCUT2D eigenvalue weighted by atomic mass is 16.6. The summed E-state index contributed by atoms with van der Waals surface area (Å²) in [6.45, 7) is 7.22. The quantitative estimate of drug-likeness (QED) is 0.252. The molecular weight excluding hydrogens is 288 g/mol. The zero-order valence-electron chi connectivity index (χ0n) is 13.3. The molecule has 0 aromatic rings. The SMILES string of the molecule is C=C(C)C(=O)OCCOC(=O)/C=C/C(=O)OCCCCCC. The van der Waals surface area contributed by atoms with Crippen LogP contribution in [-0.4, -0.2) is 37.7 Å². The Labute approximate surface area is 131 Å². The van der Waals surface area contributed by atoms with Crippen molar-refractivity contribution in [2.24, 2.45) is 0 Å². The van der Waals surface area contributed by atoms with E-state index in [-0.39, 0.29) is 18.8 Å². The van der Waals surface area contributed by atoms with Crippen molar-refractivity contribution < 1.29 is 28.6 Å². The predicted octanol–water partition coefficient (Wildman–Crippen LogP) is 2.33. The number of esters is 3. The van der Waals surface area contributed by atoms with E-state index in [1.165, 1.54) is 6.92 Å². The molecule has 0 radical (unpaired) electrons. The van der Waals surface area contributed by atoms with Gasteiger partial charge in [-0.3, -0.25) is 0 Å². The molecule has 22 heavy (non-hydrogen) atoms. The highest BCUT2D eigenvalue weighted by Gasteiger charge is 2.04. The van der Waals surface area contributed by atoms with E-state index in [1.807, 2.05) is 0 Å². The summed E-state index contributed by atoms with van der Waals surface area (Å²) in [5.74, 6) is -1.82. The molecule has 0 aliphatic heterocycles. The van der Waals surface area contributed by atoms with Crippen LogP contribution in [0.2, 0.25) is 0 Å². The van der Waals surface area contributed by atoms with Crippen LogP contribution in [0, 0.1) is 0 Å². The van der Waals surface area contributed by atoms with Gasteiger partial charge in [-0.2, -0.15) is 0 Å². The van der Waals surface area contributed by atoms with Crippen LogP contribution in [-0.2, 0) is 28.6 Å². The maximum absolute atomic E-state index is 11.3. The van der Waals surface area contributed by atoms with Gasteiger partial charge >= 0.3 is 17.9 Å². The summed E-state index contributed by atoms with van der Waals surface area (Å²) in [5, 5.41) is 0. The molecule has 6 heteroatoms. The van der Waals surface area contributed by atoms with E-state index in [0.29, 0.717) is 6.61 Å². The molecule has 0 unspecified atom stereocenters. The molecule has 0 saturated heterocycles. The molecule has 0 atom stereocenters. The van der Waals surface area contributed by atoms with Crippen molar-refractivity contribution in [2.45, 2.75) is 39.5 Å². The molecule has 0 rings (SSSR count). The number of rotatable bonds is 11. The maximum Gasteiger partial charge on any atom is 0.333 e. The monoisotopic (exact) mass is 312 g/mol. The van der Waals surface area contributed by atoms with Crippen molar-refractivity contribution in [3.8, 4) is 0 Å². The van der Waals surface area contributed by atoms with Crippen molar-refractivity contribution >= 4 is 17.9 Å². The van der Waals surface area contributed by atoms with Crippen LogP contribution in [0.25, 0.3) is 0 Å². The fraction of sp³-hybridized carbons (Fsp3) is 0.562. The average Bonchev–Trinajstić information content (AvgIpc) is 2.48. The summed E-state index contributed by atoms with van der Waals surface area (Å²) in [7, 11) is 0. The number of hydrogen-bond acceptors (Lipinski definition) is 6. The second kappa shape index (κ2) is 12.6. The lowest BCUT2D eigenvalue weighted by Gasteiger charge is -2.04.